The number of hydrogen-bond acceptors (Lipinski definition) is 10. The SMILES string of the molecule is COC1CCN(CC#Cc2ccc(OCCCc3sc(N4CCc5cccc(C(=O)Nc6nc7ccccc7s6)c5C4)nc3C(=O)O)c(F)c2)CC1. The molecule has 0 radical (unpaired) electrons. The van der Waals surface area contributed by atoms with Gasteiger partial charge in [-0.25, -0.2) is 19.2 Å². The number of nitrogens with zero attached hydrogens (tertiary/aromatic N) is 4. The van der Waals surface area contributed by atoms with E-state index in [9.17, 15) is 19.1 Å². The maximum absolute atomic E-state index is 14.8. The lowest BCUT2D eigenvalue weighted by molar-refractivity contribution is 0.0450. The Labute approximate surface area is 309 Å². The molecule has 4 heterocycles. The summed E-state index contributed by atoms with van der Waals surface area (Å²) >= 11 is 2.75. The van der Waals surface area contributed by atoms with Crippen LogP contribution in [0.4, 0.5) is 14.7 Å². The number of methoxy groups -OCH3 is 1. The number of halogens is 1. The lowest BCUT2D eigenvalue weighted by atomic mass is 9.94. The Hall–Kier alpha value is -4.87. The second-order valence-corrected chi connectivity index (χ2v) is 14.8. The number of carbonyl (C=O) groups excluding carboxylic acids is 1. The monoisotopic (exact) mass is 739 g/mol. The van der Waals surface area contributed by atoms with Gasteiger partial charge in [0.1, 0.15) is 0 Å². The number of aromatic nitrogens is 2. The smallest absolute Gasteiger partial charge is 0.355 e. The summed E-state index contributed by atoms with van der Waals surface area (Å²) in [6.45, 7) is 3.76. The number of aromatic carboxylic acids is 1. The van der Waals surface area contributed by atoms with Crippen molar-refractivity contribution in [2.24, 2.45) is 0 Å². The van der Waals surface area contributed by atoms with E-state index in [1.807, 2.05) is 41.3 Å². The number of hydrogen-bond donors (Lipinski definition) is 2. The highest BCUT2D eigenvalue weighted by atomic mass is 32.1. The Balaban J connectivity index is 0.949. The van der Waals surface area contributed by atoms with Gasteiger partial charge in [-0.15, -0.1) is 11.3 Å². The third kappa shape index (κ3) is 8.26. The Kier molecular flexibility index (Phi) is 11.1. The van der Waals surface area contributed by atoms with Crippen LogP contribution in [0.5, 0.6) is 5.75 Å². The van der Waals surface area contributed by atoms with Crippen molar-refractivity contribution in [1.29, 1.82) is 0 Å². The van der Waals surface area contributed by atoms with Crippen molar-refractivity contribution in [1.82, 2.24) is 14.9 Å². The molecule has 5 aromatic rings. The Bertz CT molecular complexity index is 2120. The van der Waals surface area contributed by atoms with Crippen LogP contribution in [0.1, 0.15) is 61.7 Å². The summed E-state index contributed by atoms with van der Waals surface area (Å²) < 4.78 is 27.0. The van der Waals surface area contributed by atoms with Crippen LogP contribution in [-0.4, -0.2) is 77.9 Å². The molecule has 1 saturated heterocycles. The first-order valence-electron chi connectivity index (χ1n) is 17.3. The molecule has 0 unspecified atom stereocenters. The van der Waals surface area contributed by atoms with Crippen LogP contribution in [0, 0.1) is 17.7 Å². The Morgan fingerprint density at radius 1 is 1.06 bits per heavy atom. The number of fused-ring (bicyclic) bond motifs is 2. The molecule has 0 atom stereocenters. The molecule has 0 spiro atoms. The number of carboxylic acid groups (broad SMARTS) is 1. The van der Waals surface area contributed by atoms with Gasteiger partial charge in [0.15, 0.2) is 27.5 Å². The molecule has 3 aromatic carbocycles. The minimum atomic E-state index is -1.10. The van der Waals surface area contributed by atoms with Crippen molar-refractivity contribution < 1.29 is 28.6 Å². The van der Waals surface area contributed by atoms with Crippen LogP contribution in [-0.2, 0) is 24.1 Å². The molecule has 7 rings (SSSR count). The molecular weight excluding hydrogens is 702 g/mol. The molecule has 1 fully saturated rings. The summed E-state index contributed by atoms with van der Waals surface area (Å²) in [5.41, 5.74) is 3.94. The Morgan fingerprint density at radius 2 is 1.90 bits per heavy atom. The van der Waals surface area contributed by atoms with Crippen LogP contribution in [0.15, 0.2) is 60.7 Å². The van der Waals surface area contributed by atoms with Crippen molar-refractivity contribution in [3.8, 4) is 17.6 Å². The van der Waals surface area contributed by atoms with Gasteiger partial charge in [0.2, 0.25) is 0 Å². The number of benzene rings is 3. The van der Waals surface area contributed by atoms with Gasteiger partial charge < -0.3 is 19.5 Å². The van der Waals surface area contributed by atoms with Gasteiger partial charge >= 0.3 is 5.97 Å². The van der Waals surface area contributed by atoms with Crippen molar-refractivity contribution in [2.75, 3.05) is 50.1 Å². The van der Waals surface area contributed by atoms with E-state index in [1.165, 1.54) is 28.7 Å². The largest absolute Gasteiger partial charge is 0.491 e. The maximum Gasteiger partial charge on any atom is 0.355 e. The molecule has 2 aliphatic rings. The molecule has 268 valence electrons. The summed E-state index contributed by atoms with van der Waals surface area (Å²) in [6, 6.07) is 18.2. The van der Waals surface area contributed by atoms with Crippen LogP contribution >= 0.6 is 22.7 Å². The number of aryl methyl sites for hydroxylation is 1. The van der Waals surface area contributed by atoms with Crippen molar-refractivity contribution in [2.45, 2.75) is 44.8 Å². The minimum absolute atomic E-state index is 0.00448. The van der Waals surface area contributed by atoms with Crippen molar-refractivity contribution >= 4 is 55.0 Å². The number of para-hydroxylation sites is 1. The van der Waals surface area contributed by atoms with Crippen molar-refractivity contribution in [3.63, 3.8) is 0 Å². The van der Waals surface area contributed by atoms with E-state index in [1.54, 1.807) is 25.3 Å². The van der Waals surface area contributed by atoms with E-state index in [0.717, 1.165) is 47.3 Å². The van der Waals surface area contributed by atoms with Gasteiger partial charge in [0.05, 0.1) is 29.5 Å². The predicted molar refractivity (Wildman–Crippen MR) is 201 cm³/mol. The molecule has 0 bridgehead atoms. The molecule has 0 saturated carbocycles. The first-order valence-corrected chi connectivity index (χ1v) is 18.9. The number of nitrogens with one attached hydrogen (secondary N) is 1. The summed E-state index contributed by atoms with van der Waals surface area (Å²) in [6.07, 6.45) is 3.87. The standard InChI is InChI=1S/C39H38FN5O5S2/c1-49-27-16-19-44(20-17-27)18-5-7-25-13-14-32(30(40)23-25)50-22-6-12-34-35(37(47)48)42-39(52-34)45-21-15-26-8-4-9-28(29(26)24-45)36(46)43-38-41-31-10-2-3-11-33(31)51-38/h2-4,8-11,13-14,23,27H,6,12,15-22,24H2,1H3,(H,47,48)(H,41,43,46). The minimum Gasteiger partial charge on any atom is -0.491 e. The second kappa shape index (κ2) is 16.2. The molecule has 2 aromatic heterocycles. The fraction of sp³-hybridized carbons (Fsp3) is 0.333. The van der Waals surface area contributed by atoms with Crippen LogP contribution in [0.2, 0.25) is 0 Å². The van der Waals surface area contributed by atoms with E-state index < -0.39 is 11.8 Å². The van der Waals surface area contributed by atoms with Gasteiger partial charge in [-0.05, 0) is 79.6 Å². The number of anilines is 2. The average Bonchev–Trinajstić information content (AvgIpc) is 3.78. The van der Waals surface area contributed by atoms with E-state index in [0.29, 0.717) is 71.3 Å². The van der Waals surface area contributed by atoms with Crippen LogP contribution in [0.25, 0.3) is 10.2 Å². The maximum atomic E-state index is 14.8. The normalized spacial score (nSPS) is 14.8. The van der Waals surface area contributed by atoms with Crippen LogP contribution < -0.4 is 15.0 Å². The summed E-state index contributed by atoms with van der Waals surface area (Å²) in [5, 5.41) is 14.0. The highest BCUT2D eigenvalue weighted by Crippen LogP contribution is 2.33. The fourth-order valence-electron chi connectivity index (χ4n) is 6.53. The zero-order chi connectivity index (χ0) is 36.0. The van der Waals surface area contributed by atoms with E-state index in [2.05, 4.69) is 32.0 Å². The summed E-state index contributed by atoms with van der Waals surface area (Å²) in [4.78, 5) is 39.6. The van der Waals surface area contributed by atoms with Gasteiger partial charge in [-0.1, -0.05) is 47.4 Å². The average molecular weight is 740 g/mol. The quantitative estimate of drug-likeness (QED) is 0.111. The predicted octanol–water partition coefficient (Wildman–Crippen LogP) is 6.88. The highest BCUT2D eigenvalue weighted by molar-refractivity contribution is 7.22. The van der Waals surface area contributed by atoms with Crippen LogP contribution in [0.3, 0.4) is 0 Å². The van der Waals surface area contributed by atoms with Gasteiger partial charge in [-0.2, -0.15) is 0 Å². The molecule has 13 heteroatoms. The topological polar surface area (TPSA) is 117 Å². The number of likely N-dealkylation sites (tertiary alicyclic amines) is 1. The molecule has 0 aliphatic carbocycles. The van der Waals surface area contributed by atoms with E-state index in [4.69, 9.17) is 9.47 Å². The second-order valence-electron chi connectivity index (χ2n) is 12.7. The molecule has 10 nitrogen and oxygen atoms in total. The number of amides is 1. The third-order valence-electron chi connectivity index (χ3n) is 9.33. The number of piperidine rings is 1. The molecule has 2 aliphatic heterocycles. The number of rotatable bonds is 11. The number of thiazole rings is 2. The van der Waals surface area contributed by atoms with E-state index in [-0.39, 0.29) is 24.0 Å². The third-order valence-corrected chi connectivity index (χ3v) is 11.5. The van der Waals surface area contributed by atoms with Crippen molar-refractivity contribution in [3.05, 3.63) is 99.3 Å². The van der Waals surface area contributed by atoms with Gasteiger partial charge in [0, 0.05) is 49.3 Å². The zero-order valence-corrected chi connectivity index (χ0v) is 30.3. The summed E-state index contributed by atoms with van der Waals surface area (Å²) in [7, 11) is 1.75. The fourth-order valence-corrected chi connectivity index (χ4v) is 8.50. The first kappa shape index (κ1) is 35.5. The number of ether oxygens (including phenoxy) is 2. The zero-order valence-electron chi connectivity index (χ0n) is 28.7. The molecule has 1 amide bonds. The Morgan fingerprint density at radius 3 is 2.69 bits per heavy atom. The highest BCUT2D eigenvalue weighted by Gasteiger charge is 2.27. The number of carboxylic acids is 1. The van der Waals surface area contributed by atoms with Gasteiger partial charge in [0.25, 0.3) is 5.91 Å². The molecule has 52 heavy (non-hydrogen) atoms. The molecular formula is C39H38FN5O5S2. The summed E-state index contributed by atoms with van der Waals surface area (Å²) in [5.74, 6) is 4.48. The lowest BCUT2D eigenvalue weighted by Gasteiger charge is -2.29. The van der Waals surface area contributed by atoms with Gasteiger partial charge in [-0.3, -0.25) is 15.0 Å². The first-order chi connectivity index (χ1) is 25.3. The lowest BCUT2D eigenvalue weighted by Crippen LogP contribution is -2.36. The van der Waals surface area contributed by atoms with E-state index >= 15 is 0 Å². The number of carbonyl (C=O) groups is 2. The molecule has 2 N–H and O–H groups in total.